The molecule has 35 heavy (non-hydrogen) atoms. The minimum atomic E-state index is -0.303. The third-order valence-electron chi connectivity index (χ3n) is 6.46. The van der Waals surface area contributed by atoms with Gasteiger partial charge in [-0.05, 0) is 79.7 Å². The first-order valence-electron chi connectivity index (χ1n) is 12.1. The normalized spacial score (nSPS) is 13.7. The maximum Gasteiger partial charge on any atom is 0.254 e. The first kappa shape index (κ1) is 25.1. The summed E-state index contributed by atoms with van der Waals surface area (Å²) in [5.74, 6) is -0.553. The van der Waals surface area contributed by atoms with Gasteiger partial charge in [0.2, 0.25) is 5.91 Å². The average molecular weight is 494 g/mol. The van der Waals surface area contributed by atoms with Crippen molar-refractivity contribution in [1.82, 2.24) is 14.7 Å². The molecule has 184 valence electrons. The van der Waals surface area contributed by atoms with Crippen molar-refractivity contribution < 1.29 is 14.0 Å². The van der Waals surface area contributed by atoms with Crippen molar-refractivity contribution in [2.45, 2.75) is 32.9 Å². The summed E-state index contributed by atoms with van der Waals surface area (Å²) in [6.45, 7) is 6.19. The molecule has 0 aliphatic carbocycles. The number of hydrogen-bond donors (Lipinski definition) is 0. The molecule has 1 fully saturated rings. The fraction of sp³-hybridized carbons (Fsp3) is 0.357. The van der Waals surface area contributed by atoms with Crippen LogP contribution in [0.2, 0.25) is 0 Å². The zero-order chi connectivity index (χ0) is 24.6. The first-order chi connectivity index (χ1) is 17.0. The molecule has 0 bridgehead atoms. The molecule has 2 aromatic carbocycles. The van der Waals surface area contributed by atoms with Gasteiger partial charge in [0.15, 0.2) is 0 Å². The summed E-state index contributed by atoms with van der Waals surface area (Å²) in [5, 5.41) is 2.02. The van der Waals surface area contributed by atoms with Gasteiger partial charge in [0.05, 0.1) is 6.54 Å². The second kappa shape index (κ2) is 12.1. The number of nitrogens with zero attached hydrogens (tertiary/aromatic N) is 3. The summed E-state index contributed by atoms with van der Waals surface area (Å²) < 4.78 is 13.4. The number of amides is 2. The average Bonchev–Trinajstić information content (AvgIpc) is 3.54. The number of halogens is 1. The summed E-state index contributed by atoms with van der Waals surface area (Å²) in [7, 11) is 0. The Morgan fingerprint density at radius 1 is 0.943 bits per heavy atom. The van der Waals surface area contributed by atoms with Crippen LogP contribution in [-0.4, -0.2) is 59.2 Å². The van der Waals surface area contributed by atoms with E-state index in [2.05, 4.69) is 4.90 Å². The smallest absolute Gasteiger partial charge is 0.254 e. The van der Waals surface area contributed by atoms with Crippen LogP contribution < -0.4 is 0 Å². The van der Waals surface area contributed by atoms with Gasteiger partial charge < -0.3 is 14.7 Å². The Labute approximate surface area is 210 Å². The third kappa shape index (κ3) is 6.99. The van der Waals surface area contributed by atoms with E-state index in [1.807, 2.05) is 36.6 Å². The van der Waals surface area contributed by atoms with Gasteiger partial charge >= 0.3 is 0 Å². The number of benzene rings is 2. The van der Waals surface area contributed by atoms with Crippen LogP contribution in [0.5, 0.6) is 0 Å². The van der Waals surface area contributed by atoms with Crippen molar-refractivity contribution >= 4 is 23.2 Å². The summed E-state index contributed by atoms with van der Waals surface area (Å²) in [6, 6.07) is 17.4. The molecule has 0 radical (unpaired) electrons. The third-order valence-corrected chi connectivity index (χ3v) is 7.47. The highest BCUT2D eigenvalue weighted by Crippen LogP contribution is 2.20. The predicted molar refractivity (Wildman–Crippen MR) is 138 cm³/mol. The van der Waals surface area contributed by atoms with Gasteiger partial charge in [-0.25, -0.2) is 4.39 Å². The molecule has 7 heteroatoms. The first-order valence-corrected chi connectivity index (χ1v) is 13.0. The Morgan fingerprint density at radius 3 is 2.31 bits per heavy atom. The molecular weight excluding hydrogens is 461 g/mol. The number of carbonyl (C=O) groups excluding carboxylic acids is 2. The van der Waals surface area contributed by atoms with Crippen LogP contribution in [0.25, 0.3) is 0 Å². The van der Waals surface area contributed by atoms with Gasteiger partial charge in [-0.3, -0.25) is 9.59 Å². The van der Waals surface area contributed by atoms with Gasteiger partial charge in [-0.2, -0.15) is 0 Å². The molecule has 1 saturated heterocycles. The van der Waals surface area contributed by atoms with E-state index in [1.165, 1.54) is 25.0 Å². The zero-order valence-electron chi connectivity index (χ0n) is 20.2. The van der Waals surface area contributed by atoms with Crippen molar-refractivity contribution in [3.05, 3.63) is 93.4 Å². The quantitative estimate of drug-likeness (QED) is 0.401. The van der Waals surface area contributed by atoms with Gasteiger partial charge in [-0.1, -0.05) is 30.3 Å². The lowest BCUT2D eigenvalue weighted by molar-refractivity contribution is -0.133. The summed E-state index contributed by atoms with van der Waals surface area (Å²) >= 11 is 1.62. The topological polar surface area (TPSA) is 43.9 Å². The summed E-state index contributed by atoms with van der Waals surface area (Å²) in [6.07, 6.45) is 2.36. The number of rotatable bonds is 10. The van der Waals surface area contributed by atoms with Crippen LogP contribution in [0.15, 0.2) is 66.0 Å². The lowest BCUT2D eigenvalue weighted by Crippen LogP contribution is -2.45. The lowest BCUT2D eigenvalue weighted by Gasteiger charge is -2.29. The van der Waals surface area contributed by atoms with Crippen LogP contribution in [0, 0.1) is 12.7 Å². The molecule has 5 nitrogen and oxygen atoms in total. The minimum absolute atomic E-state index is 0.00713. The molecule has 0 atom stereocenters. The second-order valence-electron chi connectivity index (χ2n) is 9.04. The highest BCUT2D eigenvalue weighted by Gasteiger charge is 2.24. The van der Waals surface area contributed by atoms with Gasteiger partial charge in [0.1, 0.15) is 12.4 Å². The number of likely N-dealkylation sites (tertiary alicyclic amines) is 1. The van der Waals surface area contributed by atoms with Crippen molar-refractivity contribution in [3.63, 3.8) is 0 Å². The number of hydrogen-bond acceptors (Lipinski definition) is 4. The highest BCUT2D eigenvalue weighted by atomic mass is 32.1. The molecule has 1 aliphatic heterocycles. The van der Waals surface area contributed by atoms with Gasteiger partial charge in [-0.15, -0.1) is 11.3 Å². The molecular formula is C28H32FN3O2S. The molecule has 0 spiro atoms. The van der Waals surface area contributed by atoms with Crippen LogP contribution in [-0.2, 0) is 17.9 Å². The van der Waals surface area contributed by atoms with E-state index >= 15 is 0 Å². The lowest BCUT2D eigenvalue weighted by atomic mass is 10.1. The van der Waals surface area contributed by atoms with E-state index in [0.29, 0.717) is 25.2 Å². The number of thiophene rings is 1. The van der Waals surface area contributed by atoms with E-state index < -0.39 is 0 Å². The molecule has 3 aromatic rings. The monoisotopic (exact) mass is 493 g/mol. The molecule has 0 saturated carbocycles. The van der Waals surface area contributed by atoms with E-state index in [4.69, 9.17) is 0 Å². The Balaban J connectivity index is 1.53. The van der Waals surface area contributed by atoms with Crippen molar-refractivity contribution in [2.75, 3.05) is 32.7 Å². The van der Waals surface area contributed by atoms with Crippen molar-refractivity contribution in [1.29, 1.82) is 0 Å². The van der Waals surface area contributed by atoms with E-state index in [-0.39, 0.29) is 24.2 Å². The fourth-order valence-electron chi connectivity index (χ4n) is 4.33. The summed E-state index contributed by atoms with van der Waals surface area (Å²) in [4.78, 5) is 33.9. The second-order valence-corrected chi connectivity index (χ2v) is 10.0. The molecule has 1 aliphatic rings. The van der Waals surface area contributed by atoms with E-state index in [0.717, 1.165) is 35.6 Å². The molecule has 4 rings (SSSR count). The Hall–Kier alpha value is -3.03. The Morgan fingerprint density at radius 2 is 1.66 bits per heavy atom. The Kier molecular flexibility index (Phi) is 8.66. The summed E-state index contributed by atoms with van der Waals surface area (Å²) in [5.41, 5.74) is 2.58. The minimum Gasteiger partial charge on any atom is -0.332 e. The van der Waals surface area contributed by atoms with Crippen LogP contribution in [0.1, 0.15) is 39.2 Å². The molecule has 0 unspecified atom stereocenters. The maximum atomic E-state index is 13.6. The molecule has 0 N–H and O–H groups in total. The highest BCUT2D eigenvalue weighted by molar-refractivity contribution is 7.10. The number of aryl methyl sites for hydroxylation is 1. The zero-order valence-corrected chi connectivity index (χ0v) is 21.0. The van der Waals surface area contributed by atoms with Crippen LogP contribution in [0.4, 0.5) is 4.39 Å². The Bertz CT molecular complexity index is 1110. The molecule has 1 aromatic heterocycles. The van der Waals surface area contributed by atoms with E-state index in [9.17, 15) is 14.0 Å². The van der Waals surface area contributed by atoms with Crippen LogP contribution >= 0.6 is 11.3 Å². The molecule has 2 heterocycles. The predicted octanol–water partition coefficient (Wildman–Crippen LogP) is 4.96. The SMILES string of the molecule is Cc1ccsc1CN(Cc1ccc(F)cc1)C(=O)CN(CCN1CCCC1)C(=O)c1ccccc1. The van der Waals surface area contributed by atoms with Crippen molar-refractivity contribution in [3.8, 4) is 0 Å². The van der Waals surface area contributed by atoms with Gasteiger partial charge in [0.25, 0.3) is 5.91 Å². The standard InChI is InChI=1S/C28H32FN3O2S/c1-22-13-18-35-26(22)20-32(19-23-9-11-25(29)12-10-23)27(33)21-31(17-16-30-14-5-6-15-30)28(34)24-7-3-2-4-8-24/h2-4,7-13,18H,5-6,14-17,19-21H2,1H3. The van der Waals surface area contributed by atoms with Gasteiger partial charge in [0, 0.05) is 30.1 Å². The maximum absolute atomic E-state index is 13.6. The van der Waals surface area contributed by atoms with Crippen LogP contribution in [0.3, 0.4) is 0 Å². The molecule has 2 amide bonds. The largest absolute Gasteiger partial charge is 0.332 e. The number of carbonyl (C=O) groups is 2. The van der Waals surface area contributed by atoms with Crippen molar-refractivity contribution in [2.24, 2.45) is 0 Å². The fourth-order valence-corrected chi connectivity index (χ4v) is 5.25. The van der Waals surface area contributed by atoms with E-state index in [1.54, 1.807) is 45.4 Å².